The Bertz CT molecular complexity index is 241. The van der Waals surface area contributed by atoms with Crippen molar-refractivity contribution in [2.75, 3.05) is 0 Å². The van der Waals surface area contributed by atoms with Gasteiger partial charge in [-0.25, -0.2) is 9.97 Å². The van der Waals surface area contributed by atoms with E-state index >= 15 is 0 Å². The quantitative estimate of drug-likeness (QED) is 0.359. The van der Waals surface area contributed by atoms with Crippen LogP contribution in [-0.2, 0) is 0 Å². The van der Waals surface area contributed by atoms with E-state index in [9.17, 15) is 0 Å². The highest BCUT2D eigenvalue weighted by Gasteiger charge is 2.00. The van der Waals surface area contributed by atoms with Crippen LogP contribution in [0.25, 0.3) is 0 Å². The number of nitrogens with zero attached hydrogens (tertiary/aromatic N) is 2. The minimum atomic E-state index is 0.196. The summed E-state index contributed by atoms with van der Waals surface area (Å²) in [7, 11) is 0.829. The third kappa shape index (κ3) is 1.61. The maximum Gasteiger partial charge on any atom is 0.223 e. The number of aromatic nitrogens is 2. The van der Waals surface area contributed by atoms with Crippen LogP contribution in [0.3, 0.4) is 0 Å². The van der Waals surface area contributed by atoms with Crippen LogP contribution >= 0.6 is 23.2 Å². The molecule has 0 spiro atoms. The second-order valence-corrected chi connectivity index (χ2v) is 2.50. The lowest BCUT2D eigenvalue weighted by atomic mass is 9.75. The molecule has 1 rings (SSSR count). The molecule has 1 heterocycles. The average molecular weight is 175 g/mol. The van der Waals surface area contributed by atoms with Crippen molar-refractivity contribution in [3.8, 4) is 0 Å². The number of halogens is 2. The van der Waals surface area contributed by atoms with Gasteiger partial charge in [-0.15, -0.1) is 0 Å². The van der Waals surface area contributed by atoms with Crippen molar-refractivity contribution in [3.63, 3.8) is 0 Å². The molecule has 0 fully saturated rings. The van der Waals surface area contributed by atoms with Crippen LogP contribution in [-0.4, -0.2) is 17.2 Å². The molecule has 1 aromatic heterocycles. The molecule has 2 nitrogen and oxygen atoms in total. The zero-order valence-corrected chi connectivity index (χ0v) is 6.95. The first kappa shape index (κ1) is 7.83. The maximum absolute atomic E-state index is 5.69. The molecule has 0 bridgehead atoms. The third-order valence-corrected chi connectivity index (χ3v) is 1.67. The van der Waals surface area contributed by atoms with Gasteiger partial charge in [0.1, 0.15) is 5.15 Å². The van der Waals surface area contributed by atoms with Crippen LogP contribution in [0.1, 0.15) is 0 Å². The highest BCUT2D eigenvalue weighted by Crippen LogP contribution is 2.03. The van der Waals surface area contributed by atoms with Crippen molar-refractivity contribution in [2.24, 2.45) is 0 Å². The fourth-order valence-electron chi connectivity index (χ4n) is 0.603. The van der Waals surface area contributed by atoms with Crippen molar-refractivity contribution in [1.29, 1.82) is 0 Å². The summed E-state index contributed by atoms with van der Waals surface area (Å²) in [6.45, 7) is 1.98. The molecule has 0 atom stereocenters. The lowest BCUT2D eigenvalue weighted by molar-refractivity contribution is 1.18. The second kappa shape index (κ2) is 3.22. The van der Waals surface area contributed by atoms with Crippen molar-refractivity contribution >= 4 is 35.9 Å². The Kier molecular flexibility index (Phi) is 2.52. The number of hydrogen-bond acceptors (Lipinski definition) is 2. The van der Waals surface area contributed by atoms with E-state index in [1.807, 2.05) is 6.82 Å². The first-order valence-corrected chi connectivity index (χ1v) is 3.66. The van der Waals surface area contributed by atoms with Crippen molar-refractivity contribution in [1.82, 2.24) is 9.97 Å². The van der Waals surface area contributed by atoms with Crippen LogP contribution in [0.4, 0.5) is 0 Å². The Morgan fingerprint density at radius 3 is 2.70 bits per heavy atom. The summed E-state index contributed by atoms with van der Waals surface area (Å²) >= 11 is 11.2. The van der Waals surface area contributed by atoms with E-state index in [0.717, 1.165) is 12.7 Å². The highest BCUT2D eigenvalue weighted by molar-refractivity contribution is 6.56. The van der Waals surface area contributed by atoms with Gasteiger partial charge in [-0.05, 0) is 17.1 Å². The molecule has 10 heavy (non-hydrogen) atoms. The molecule has 0 amide bonds. The maximum atomic E-state index is 5.69. The molecule has 0 unspecified atom stereocenters. The molecule has 0 aliphatic rings. The van der Waals surface area contributed by atoms with Crippen molar-refractivity contribution in [3.05, 3.63) is 16.6 Å². The Balaban J connectivity index is 3.07. The first-order valence-electron chi connectivity index (χ1n) is 2.91. The van der Waals surface area contributed by atoms with Gasteiger partial charge in [0, 0.05) is 6.20 Å². The van der Waals surface area contributed by atoms with Crippen molar-refractivity contribution in [2.45, 2.75) is 6.82 Å². The largest absolute Gasteiger partial charge is 0.227 e. The van der Waals surface area contributed by atoms with Gasteiger partial charge in [-0.1, -0.05) is 18.4 Å². The Hall–Kier alpha value is -0.275. The van der Waals surface area contributed by atoms with E-state index in [2.05, 4.69) is 9.97 Å². The van der Waals surface area contributed by atoms with E-state index in [-0.39, 0.29) is 5.28 Å². The highest BCUT2D eigenvalue weighted by atomic mass is 35.5. The molecule has 0 radical (unpaired) electrons. The van der Waals surface area contributed by atoms with Gasteiger partial charge in [0.15, 0.2) is 7.28 Å². The molecule has 0 saturated carbocycles. The summed E-state index contributed by atoms with van der Waals surface area (Å²) < 4.78 is 0. The minimum absolute atomic E-state index is 0.196. The summed E-state index contributed by atoms with van der Waals surface area (Å²) in [6.07, 6.45) is 1.64. The Morgan fingerprint density at radius 2 is 2.20 bits per heavy atom. The lowest BCUT2D eigenvalue weighted by Crippen LogP contribution is -2.14. The molecule has 5 heteroatoms. The molecule has 52 valence electrons. The average Bonchev–Trinajstić information content (AvgIpc) is 1.88. The molecular weight excluding hydrogens is 170 g/mol. The lowest BCUT2D eigenvalue weighted by Gasteiger charge is -1.96. The topological polar surface area (TPSA) is 25.8 Å². The Labute approximate surface area is 69.8 Å². The summed E-state index contributed by atoms with van der Waals surface area (Å²) in [5, 5.41) is 0.643. The molecule has 0 aromatic carbocycles. The molecule has 0 aliphatic carbocycles. The second-order valence-electron chi connectivity index (χ2n) is 1.81. The monoisotopic (exact) mass is 174 g/mol. The Morgan fingerprint density at radius 1 is 1.50 bits per heavy atom. The van der Waals surface area contributed by atoms with Gasteiger partial charge < -0.3 is 0 Å². The van der Waals surface area contributed by atoms with Crippen LogP contribution < -0.4 is 5.46 Å². The molecule has 1 aromatic rings. The zero-order valence-electron chi connectivity index (χ0n) is 5.43. The molecular formula is C5H5BCl2N2. The SMILES string of the molecule is CBc1cnc(Cl)nc1Cl. The summed E-state index contributed by atoms with van der Waals surface area (Å²) in [5.41, 5.74) is 0.922. The molecule has 0 aliphatic heterocycles. The molecule has 0 N–H and O–H groups in total. The van der Waals surface area contributed by atoms with Gasteiger partial charge in [0.05, 0.1) is 0 Å². The van der Waals surface area contributed by atoms with E-state index in [0.29, 0.717) is 5.15 Å². The summed E-state index contributed by atoms with van der Waals surface area (Å²) in [4.78, 5) is 7.54. The fourth-order valence-corrected chi connectivity index (χ4v) is 1.04. The van der Waals surface area contributed by atoms with E-state index < -0.39 is 0 Å². The zero-order chi connectivity index (χ0) is 7.56. The van der Waals surface area contributed by atoms with E-state index in [1.54, 1.807) is 6.20 Å². The number of rotatable bonds is 1. The van der Waals surface area contributed by atoms with Crippen LogP contribution in [0, 0.1) is 0 Å². The number of hydrogen-bond donors (Lipinski definition) is 0. The van der Waals surface area contributed by atoms with Crippen molar-refractivity contribution < 1.29 is 0 Å². The molecule has 0 saturated heterocycles. The van der Waals surface area contributed by atoms with Gasteiger partial charge in [0.2, 0.25) is 5.28 Å². The summed E-state index contributed by atoms with van der Waals surface area (Å²) in [5.74, 6) is 0. The van der Waals surface area contributed by atoms with E-state index in [1.165, 1.54) is 0 Å². The fraction of sp³-hybridized carbons (Fsp3) is 0.200. The van der Waals surface area contributed by atoms with Gasteiger partial charge in [-0.3, -0.25) is 0 Å². The van der Waals surface area contributed by atoms with E-state index in [4.69, 9.17) is 23.2 Å². The van der Waals surface area contributed by atoms with Gasteiger partial charge in [-0.2, -0.15) is 0 Å². The van der Waals surface area contributed by atoms with Gasteiger partial charge in [0.25, 0.3) is 0 Å². The smallest absolute Gasteiger partial charge is 0.223 e. The van der Waals surface area contributed by atoms with Gasteiger partial charge >= 0.3 is 0 Å². The predicted molar refractivity (Wildman–Crippen MR) is 44.7 cm³/mol. The van der Waals surface area contributed by atoms with Crippen LogP contribution in [0.2, 0.25) is 17.3 Å². The van der Waals surface area contributed by atoms with Crippen LogP contribution in [0.15, 0.2) is 6.20 Å². The van der Waals surface area contributed by atoms with Crippen LogP contribution in [0.5, 0.6) is 0 Å². The minimum Gasteiger partial charge on any atom is -0.227 e. The predicted octanol–water partition coefficient (Wildman–Crippen LogP) is 0.893. The normalized spacial score (nSPS) is 9.50. The summed E-state index contributed by atoms with van der Waals surface area (Å²) in [6, 6.07) is 0. The first-order chi connectivity index (χ1) is 4.74. The third-order valence-electron chi connectivity index (χ3n) is 1.16. The standard InChI is InChI=1S/C5H5BCl2N2/c1-6-3-2-9-5(8)10-4(3)7/h2,6H,1H3.